The summed E-state index contributed by atoms with van der Waals surface area (Å²) in [5, 5.41) is 10.2. The molecule has 122 valence electrons. The van der Waals surface area contributed by atoms with Gasteiger partial charge in [0, 0.05) is 0 Å². The number of imide groups is 1. The van der Waals surface area contributed by atoms with E-state index in [1.165, 1.54) is 0 Å². The molecule has 2 aromatic rings. The van der Waals surface area contributed by atoms with Crippen molar-refractivity contribution in [2.24, 2.45) is 0 Å². The van der Waals surface area contributed by atoms with E-state index in [9.17, 15) is 14.7 Å². The van der Waals surface area contributed by atoms with Crippen LogP contribution in [0.25, 0.3) is 5.57 Å². The number of para-hydroxylation sites is 1. The Morgan fingerprint density at radius 1 is 1.00 bits per heavy atom. The van der Waals surface area contributed by atoms with E-state index in [0.717, 1.165) is 10.5 Å². The molecule has 1 N–H and O–H groups in total. The van der Waals surface area contributed by atoms with E-state index in [2.05, 4.69) is 0 Å². The lowest BCUT2D eigenvalue weighted by molar-refractivity contribution is -0.121. The van der Waals surface area contributed by atoms with Gasteiger partial charge in [0.05, 0.1) is 17.9 Å². The molecule has 0 bridgehead atoms. The third kappa shape index (κ3) is 2.54. The Bertz CT molecular complexity index is 837. The molecule has 0 saturated carbocycles. The fourth-order valence-corrected chi connectivity index (χ4v) is 2.70. The van der Waals surface area contributed by atoms with E-state index in [-0.39, 0.29) is 5.57 Å². The van der Waals surface area contributed by atoms with Crippen LogP contribution in [0.5, 0.6) is 5.75 Å². The number of benzene rings is 2. The number of anilines is 1. The summed E-state index contributed by atoms with van der Waals surface area (Å²) < 4.78 is 5.36. The summed E-state index contributed by atoms with van der Waals surface area (Å²) in [6.45, 7) is 4.22. The molecule has 0 aliphatic carbocycles. The van der Waals surface area contributed by atoms with E-state index < -0.39 is 17.6 Å². The number of rotatable bonds is 4. The molecule has 0 saturated heterocycles. The van der Waals surface area contributed by atoms with Gasteiger partial charge < -0.3 is 9.84 Å². The van der Waals surface area contributed by atoms with Crippen molar-refractivity contribution in [2.45, 2.75) is 13.8 Å². The Labute approximate surface area is 139 Å². The Morgan fingerprint density at radius 2 is 1.67 bits per heavy atom. The maximum absolute atomic E-state index is 12.7. The highest BCUT2D eigenvalue weighted by molar-refractivity contribution is 6.45. The van der Waals surface area contributed by atoms with Crippen molar-refractivity contribution in [1.29, 1.82) is 0 Å². The highest BCUT2D eigenvalue weighted by atomic mass is 16.5. The normalized spacial score (nSPS) is 14.5. The number of carbonyl (C=O) groups excluding carboxylic acids is 2. The zero-order valence-electron chi connectivity index (χ0n) is 13.4. The second-order valence-corrected chi connectivity index (χ2v) is 5.41. The third-order valence-corrected chi connectivity index (χ3v) is 3.87. The molecule has 24 heavy (non-hydrogen) atoms. The average molecular weight is 323 g/mol. The molecule has 1 heterocycles. The molecule has 2 amide bonds. The van der Waals surface area contributed by atoms with Gasteiger partial charge in [-0.15, -0.1) is 0 Å². The van der Waals surface area contributed by atoms with Crippen molar-refractivity contribution in [2.75, 3.05) is 11.5 Å². The highest BCUT2D eigenvalue weighted by Crippen LogP contribution is 2.33. The number of aryl methyl sites for hydroxylation is 1. The van der Waals surface area contributed by atoms with Crippen LogP contribution < -0.4 is 9.64 Å². The fraction of sp³-hybridized carbons (Fsp3) is 0.158. The summed E-state index contributed by atoms with van der Waals surface area (Å²) in [7, 11) is 0. The Hall–Kier alpha value is -3.08. The van der Waals surface area contributed by atoms with Crippen LogP contribution in [0.4, 0.5) is 5.69 Å². The zero-order valence-corrected chi connectivity index (χ0v) is 13.4. The zero-order chi connectivity index (χ0) is 17.3. The molecule has 1 aliphatic heterocycles. The number of aliphatic hydroxyl groups is 1. The smallest absolute Gasteiger partial charge is 0.301 e. The van der Waals surface area contributed by atoms with Crippen molar-refractivity contribution < 1.29 is 19.4 Å². The van der Waals surface area contributed by atoms with Crippen molar-refractivity contribution in [3.63, 3.8) is 0 Å². The SMILES string of the molecule is CCOc1ccc(C2=C(O)C(=O)N(c3ccccc3C)C2=O)cc1. The van der Waals surface area contributed by atoms with E-state index in [1.54, 1.807) is 36.4 Å². The van der Waals surface area contributed by atoms with Gasteiger partial charge in [0.15, 0.2) is 5.76 Å². The van der Waals surface area contributed by atoms with Crippen LogP contribution in [-0.2, 0) is 9.59 Å². The van der Waals surface area contributed by atoms with Crippen molar-refractivity contribution in [3.05, 3.63) is 65.4 Å². The lowest BCUT2D eigenvalue weighted by Crippen LogP contribution is -2.32. The van der Waals surface area contributed by atoms with Gasteiger partial charge in [-0.2, -0.15) is 0 Å². The van der Waals surface area contributed by atoms with Crippen LogP contribution in [0.15, 0.2) is 54.3 Å². The van der Waals surface area contributed by atoms with Crippen molar-refractivity contribution in [1.82, 2.24) is 0 Å². The second kappa shape index (κ2) is 6.20. The minimum atomic E-state index is -0.710. The molecule has 0 unspecified atom stereocenters. The summed E-state index contributed by atoms with van der Waals surface area (Å²) in [6, 6.07) is 13.8. The largest absolute Gasteiger partial charge is 0.502 e. The third-order valence-electron chi connectivity index (χ3n) is 3.87. The molecule has 0 radical (unpaired) electrons. The molecule has 0 aromatic heterocycles. The first-order valence-electron chi connectivity index (χ1n) is 7.65. The van der Waals surface area contributed by atoms with E-state index in [0.29, 0.717) is 23.6 Å². The van der Waals surface area contributed by atoms with Crippen LogP contribution in [0.2, 0.25) is 0 Å². The molecule has 5 heteroatoms. The molecule has 0 atom stereocenters. The van der Waals surface area contributed by atoms with Crippen molar-refractivity contribution in [3.8, 4) is 5.75 Å². The van der Waals surface area contributed by atoms with Gasteiger partial charge in [-0.1, -0.05) is 30.3 Å². The Morgan fingerprint density at radius 3 is 2.29 bits per heavy atom. The summed E-state index contributed by atoms with van der Waals surface area (Å²) in [6.07, 6.45) is 0. The molecule has 0 spiro atoms. The molecule has 3 rings (SSSR count). The van der Waals surface area contributed by atoms with Gasteiger partial charge in [-0.05, 0) is 43.2 Å². The standard InChI is InChI=1S/C19H17NO4/c1-3-24-14-10-8-13(9-11-14)16-17(21)19(23)20(18(16)22)15-7-5-4-6-12(15)2/h4-11,21H,3H2,1-2H3. The lowest BCUT2D eigenvalue weighted by Gasteiger charge is -2.16. The maximum atomic E-state index is 12.7. The van der Waals surface area contributed by atoms with Crippen LogP contribution in [-0.4, -0.2) is 23.5 Å². The lowest BCUT2D eigenvalue weighted by atomic mass is 10.1. The van der Waals surface area contributed by atoms with Gasteiger partial charge in [0.1, 0.15) is 5.75 Å². The molecular formula is C19H17NO4. The maximum Gasteiger partial charge on any atom is 0.301 e. The summed E-state index contributed by atoms with van der Waals surface area (Å²) >= 11 is 0. The van der Waals surface area contributed by atoms with E-state index in [1.807, 2.05) is 26.0 Å². The number of nitrogens with zero attached hydrogens (tertiary/aromatic N) is 1. The number of ether oxygens (including phenoxy) is 1. The van der Waals surface area contributed by atoms with Gasteiger partial charge in [0.2, 0.25) is 0 Å². The predicted molar refractivity (Wildman–Crippen MR) is 90.8 cm³/mol. The van der Waals surface area contributed by atoms with Gasteiger partial charge in [0.25, 0.3) is 5.91 Å². The Kier molecular flexibility index (Phi) is 4.08. The average Bonchev–Trinajstić information content (AvgIpc) is 2.79. The molecule has 5 nitrogen and oxygen atoms in total. The minimum absolute atomic E-state index is 0.00583. The number of amides is 2. The fourth-order valence-electron chi connectivity index (χ4n) is 2.70. The quantitative estimate of drug-likeness (QED) is 0.877. The number of carbonyl (C=O) groups is 2. The predicted octanol–water partition coefficient (Wildman–Crippen LogP) is 3.24. The summed E-state index contributed by atoms with van der Waals surface area (Å²) in [5.41, 5.74) is 1.73. The van der Waals surface area contributed by atoms with Crippen LogP contribution in [0, 0.1) is 6.92 Å². The first-order valence-corrected chi connectivity index (χ1v) is 7.65. The molecule has 0 fully saturated rings. The first-order chi connectivity index (χ1) is 11.5. The molecule has 1 aliphatic rings. The van der Waals surface area contributed by atoms with Crippen molar-refractivity contribution >= 4 is 23.1 Å². The second-order valence-electron chi connectivity index (χ2n) is 5.41. The van der Waals surface area contributed by atoms with Gasteiger partial charge in [-0.3, -0.25) is 9.59 Å². The van der Waals surface area contributed by atoms with Crippen LogP contribution in [0.3, 0.4) is 0 Å². The van der Waals surface area contributed by atoms with Crippen LogP contribution >= 0.6 is 0 Å². The number of hydrogen-bond acceptors (Lipinski definition) is 4. The first kappa shape index (κ1) is 15.8. The van der Waals surface area contributed by atoms with E-state index >= 15 is 0 Å². The summed E-state index contributed by atoms with van der Waals surface area (Å²) in [4.78, 5) is 26.2. The van der Waals surface area contributed by atoms with Crippen LogP contribution in [0.1, 0.15) is 18.1 Å². The minimum Gasteiger partial charge on any atom is -0.502 e. The highest BCUT2D eigenvalue weighted by Gasteiger charge is 2.40. The number of aliphatic hydroxyl groups excluding tert-OH is 1. The number of hydrogen-bond donors (Lipinski definition) is 1. The van der Waals surface area contributed by atoms with Gasteiger partial charge >= 0.3 is 5.91 Å². The summed E-state index contributed by atoms with van der Waals surface area (Å²) in [5.74, 6) is -1.12. The monoisotopic (exact) mass is 323 g/mol. The topological polar surface area (TPSA) is 66.8 Å². The molecular weight excluding hydrogens is 306 g/mol. The molecule has 2 aromatic carbocycles. The Balaban J connectivity index is 1.99. The van der Waals surface area contributed by atoms with E-state index in [4.69, 9.17) is 4.74 Å². The van der Waals surface area contributed by atoms with Gasteiger partial charge in [-0.25, -0.2) is 4.90 Å².